The first kappa shape index (κ1) is 11.0. The predicted octanol–water partition coefficient (Wildman–Crippen LogP) is 2.61. The SMILES string of the molecule is Cc1c(C=O)cnn1C(C)C(C)(C)C. The summed E-state index contributed by atoms with van der Waals surface area (Å²) in [5.41, 5.74) is 1.78. The third kappa shape index (κ3) is 1.86. The minimum Gasteiger partial charge on any atom is -0.298 e. The van der Waals surface area contributed by atoms with E-state index in [4.69, 9.17) is 0 Å². The lowest BCUT2D eigenvalue weighted by Crippen LogP contribution is -2.23. The van der Waals surface area contributed by atoms with Crippen LogP contribution < -0.4 is 0 Å². The van der Waals surface area contributed by atoms with Crippen molar-refractivity contribution < 1.29 is 4.79 Å². The lowest BCUT2D eigenvalue weighted by atomic mass is 9.88. The maximum absolute atomic E-state index is 10.7. The Bertz CT molecular complexity index is 334. The highest BCUT2D eigenvalue weighted by Crippen LogP contribution is 2.30. The maximum atomic E-state index is 10.7. The van der Waals surface area contributed by atoms with Gasteiger partial charge in [-0.3, -0.25) is 9.48 Å². The molecule has 78 valence electrons. The second kappa shape index (κ2) is 3.56. The second-order valence-electron chi connectivity index (χ2n) is 4.79. The first-order valence-corrected chi connectivity index (χ1v) is 4.87. The zero-order chi connectivity index (χ0) is 10.9. The molecular formula is C11H18N2O. The van der Waals surface area contributed by atoms with Crippen molar-refractivity contribution in [2.45, 2.75) is 40.7 Å². The largest absolute Gasteiger partial charge is 0.298 e. The maximum Gasteiger partial charge on any atom is 0.153 e. The number of aromatic nitrogens is 2. The van der Waals surface area contributed by atoms with Gasteiger partial charge < -0.3 is 0 Å². The van der Waals surface area contributed by atoms with Crippen LogP contribution in [0.3, 0.4) is 0 Å². The molecule has 0 radical (unpaired) electrons. The number of hydrogen-bond acceptors (Lipinski definition) is 2. The molecule has 3 nitrogen and oxygen atoms in total. The van der Waals surface area contributed by atoms with E-state index < -0.39 is 0 Å². The van der Waals surface area contributed by atoms with Gasteiger partial charge in [0.15, 0.2) is 6.29 Å². The molecule has 1 atom stereocenters. The Balaban J connectivity index is 3.08. The molecule has 0 aliphatic heterocycles. The molecule has 14 heavy (non-hydrogen) atoms. The van der Waals surface area contributed by atoms with Crippen molar-refractivity contribution in [3.05, 3.63) is 17.5 Å². The summed E-state index contributed by atoms with van der Waals surface area (Å²) in [6.45, 7) is 10.5. The molecule has 0 spiro atoms. The van der Waals surface area contributed by atoms with E-state index in [1.807, 2.05) is 11.6 Å². The zero-order valence-electron chi connectivity index (χ0n) is 9.53. The van der Waals surface area contributed by atoms with Crippen LogP contribution >= 0.6 is 0 Å². The molecule has 0 amide bonds. The third-order valence-electron chi connectivity index (χ3n) is 2.83. The molecule has 0 aromatic carbocycles. The summed E-state index contributed by atoms with van der Waals surface area (Å²) in [7, 11) is 0. The van der Waals surface area contributed by atoms with E-state index in [0.717, 1.165) is 12.0 Å². The van der Waals surface area contributed by atoms with Gasteiger partial charge in [-0.05, 0) is 19.3 Å². The minimum absolute atomic E-state index is 0.150. The Kier molecular flexibility index (Phi) is 2.79. The highest BCUT2D eigenvalue weighted by Gasteiger charge is 2.24. The number of aldehydes is 1. The summed E-state index contributed by atoms with van der Waals surface area (Å²) < 4.78 is 1.92. The van der Waals surface area contributed by atoms with Crippen LogP contribution in [0.2, 0.25) is 0 Å². The van der Waals surface area contributed by atoms with Gasteiger partial charge in [0.25, 0.3) is 0 Å². The molecule has 0 N–H and O–H groups in total. The van der Waals surface area contributed by atoms with Crippen LogP contribution in [0.5, 0.6) is 0 Å². The van der Waals surface area contributed by atoms with Gasteiger partial charge in [0, 0.05) is 5.69 Å². The van der Waals surface area contributed by atoms with Gasteiger partial charge in [0.2, 0.25) is 0 Å². The summed E-state index contributed by atoms with van der Waals surface area (Å²) in [6.07, 6.45) is 2.48. The molecule has 1 aromatic rings. The van der Waals surface area contributed by atoms with Gasteiger partial charge in [-0.25, -0.2) is 0 Å². The fourth-order valence-corrected chi connectivity index (χ4v) is 1.31. The minimum atomic E-state index is 0.150. The van der Waals surface area contributed by atoms with Crippen molar-refractivity contribution in [1.29, 1.82) is 0 Å². The Labute approximate surface area is 85.1 Å². The van der Waals surface area contributed by atoms with Crippen LogP contribution in [0.4, 0.5) is 0 Å². The fraction of sp³-hybridized carbons (Fsp3) is 0.636. The molecule has 0 saturated heterocycles. The molecule has 1 heterocycles. The van der Waals surface area contributed by atoms with Crippen LogP contribution in [0, 0.1) is 12.3 Å². The van der Waals surface area contributed by atoms with Gasteiger partial charge in [0.05, 0.1) is 17.8 Å². The van der Waals surface area contributed by atoms with E-state index >= 15 is 0 Å². The molecule has 1 aromatic heterocycles. The summed E-state index contributed by atoms with van der Waals surface area (Å²) in [5, 5.41) is 4.24. The lowest BCUT2D eigenvalue weighted by molar-refractivity contribution is 0.112. The second-order valence-corrected chi connectivity index (χ2v) is 4.79. The number of carbonyl (C=O) groups is 1. The number of carbonyl (C=O) groups excluding carboxylic acids is 1. The summed E-state index contributed by atoms with van der Waals surface area (Å²) in [4.78, 5) is 10.7. The first-order chi connectivity index (χ1) is 6.38. The van der Waals surface area contributed by atoms with Gasteiger partial charge in [0.1, 0.15) is 0 Å². The van der Waals surface area contributed by atoms with Crippen molar-refractivity contribution in [3.63, 3.8) is 0 Å². The van der Waals surface area contributed by atoms with E-state index in [2.05, 4.69) is 32.8 Å². The molecule has 0 aliphatic carbocycles. The van der Waals surface area contributed by atoms with Crippen LogP contribution in [-0.2, 0) is 0 Å². The Morgan fingerprint density at radius 1 is 1.50 bits per heavy atom. The average molecular weight is 194 g/mol. The highest BCUT2D eigenvalue weighted by atomic mass is 16.1. The molecule has 0 aliphatic rings. The third-order valence-corrected chi connectivity index (χ3v) is 2.83. The van der Waals surface area contributed by atoms with Gasteiger partial charge >= 0.3 is 0 Å². The monoisotopic (exact) mass is 194 g/mol. The Morgan fingerprint density at radius 3 is 2.43 bits per heavy atom. The molecule has 0 bridgehead atoms. The van der Waals surface area contributed by atoms with E-state index in [0.29, 0.717) is 5.56 Å². The van der Waals surface area contributed by atoms with Gasteiger partial charge in [-0.15, -0.1) is 0 Å². The molecule has 1 unspecified atom stereocenters. The lowest BCUT2D eigenvalue weighted by Gasteiger charge is -2.28. The van der Waals surface area contributed by atoms with Crippen molar-refractivity contribution in [3.8, 4) is 0 Å². The van der Waals surface area contributed by atoms with Crippen LogP contribution in [0.1, 0.15) is 49.8 Å². The summed E-state index contributed by atoms with van der Waals surface area (Å²) in [6, 6.07) is 0.288. The quantitative estimate of drug-likeness (QED) is 0.678. The average Bonchev–Trinajstić information content (AvgIpc) is 2.43. The fourth-order valence-electron chi connectivity index (χ4n) is 1.31. The molecule has 3 heteroatoms. The Hall–Kier alpha value is -1.12. The van der Waals surface area contributed by atoms with Crippen molar-refractivity contribution in [1.82, 2.24) is 9.78 Å². The predicted molar refractivity (Wildman–Crippen MR) is 56.5 cm³/mol. The van der Waals surface area contributed by atoms with Crippen LogP contribution in [-0.4, -0.2) is 16.1 Å². The molecule has 1 rings (SSSR count). The number of rotatable bonds is 2. The standard InChI is InChI=1S/C11H18N2O/c1-8-10(7-14)6-12-13(8)9(2)11(3,4)5/h6-7,9H,1-5H3. The molecule has 0 saturated carbocycles. The topological polar surface area (TPSA) is 34.9 Å². The van der Waals surface area contributed by atoms with E-state index in [9.17, 15) is 4.79 Å². The first-order valence-electron chi connectivity index (χ1n) is 4.87. The van der Waals surface area contributed by atoms with E-state index in [-0.39, 0.29) is 11.5 Å². The zero-order valence-corrected chi connectivity index (χ0v) is 9.53. The van der Waals surface area contributed by atoms with Gasteiger partial charge in [-0.2, -0.15) is 5.10 Å². The van der Waals surface area contributed by atoms with E-state index in [1.165, 1.54) is 0 Å². The van der Waals surface area contributed by atoms with Gasteiger partial charge in [-0.1, -0.05) is 20.8 Å². The molecule has 0 fully saturated rings. The van der Waals surface area contributed by atoms with Crippen LogP contribution in [0.15, 0.2) is 6.20 Å². The summed E-state index contributed by atoms with van der Waals surface area (Å²) in [5.74, 6) is 0. The van der Waals surface area contributed by atoms with Crippen molar-refractivity contribution in [2.24, 2.45) is 5.41 Å². The normalized spacial score (nSPS) is 14.1. The number of nitrogens with zero attached hydrogens (tertiary/aromatic N) is 2. The Morgan fingerprint density at radius 2 is 2.07 bits per heavy atom. The summed E-state index contributed by atoms with van der Waals surface area (Å²) >= 11 is 0. The van der Waals surface area contributed by atoms with E-state index in [1.54, 1.807) is 6.20 Å². The van der Waals surface area contributed by atoms with Crippen LogP contribution in [0.25, 0.3) is 0 Å². The number of hydrogen-bond donors (Lipinski definition) is 0. The van der Waals surface area contributed by atoms with Crippen molar-refractivity contribution in [2.75, 3.05) is 0 Å². The van der Waals surface area contributed by atoms with Crippen molar-refractivity contribution >= 4 is 6.29 Å². The highest BCUT2D eigenvalue weighted by molar-refractivity contribution is 5.75. The smallest absolute Gasteiger partial charge is 0.153 e. The molecular weight excluding hydrogens is 176 g/mol.